The Morgan fingerprint density at radius 3 is 2.94 bits per heavy atom. The number of hydrogen-bond acceptors (Lipinski definition) is 3. The second-order valence-electron chi connectivity index (χ2n) is 4.21. The van der Waals surface area contributed by atoms with Crippen LogP contribution in [0.4, 0.5) is 0 Å². The van der Waals surface area contributed by atoms with Crippen molar-refractivity contribution in [2.75, 3.05) is 20.7 Å². The van der Waals surface area contributed by atoms with E-state index < -0.39 is 0 Å². The highest BCUT2D eigenvalue weighted by molar-refractivity contribution is 9.10. The van der Waals surface area contributed by atoms with Crippen LogP contribution in [0.15, 0.2) is 16.6 Å². The van der Waals surface area contributed by atoms with Gasteiger partial charge in [0.15, 0.2) is 11.5 Å². The van der Waals surface area contributed by atoms with E-state index in [-0.39, 0.29) is 5.75 Å². The van der Waals surface area contributed by atoms with E-state index in [0.717, 1.165) is 6.54 Å². The zero-order chi connectivity index (χ0) is 11.7. The number of rotatable bonds is 4. The van der Waals surface area contributed by atoms with Crippen LogP contribution in [0.25, 0.3) is 0 Å². The standard InChI is InChI=1S/C12H16BrNO2/c1-14-6-8-3-9(8)7-4-10(13)12(15)11(5-7)16-2/h4-5,8-9,14-15H,3,6H2,1-2H3. The molecule has 1 aliphatic rings. The average molecular weight is 286 g/mol. The Morgan fingerprint density at radius 2 is 2.31 bits per heavy atom. The number of halogens is 1. The Kier molecular flexibility index (Phi) is 3.40. The van der Waals surface area contributed by atoms with Crippen molar-refractivity contribution in [1.29, 1.82) is 0 Å². The minimum absolute atomic E-state index is 0.178. The molecule has 0 aliphatic heterocycles. The van der Waals surface area contributed by atoms with Crippen LogP contribution in [0.3, 0.4) is 0 Å². The first-order valence-corrected chi connectivity index (χ1v) is 6.17. The number of phenolic OH excluding ortho intramolecular Hbond substituents is 1. The van der Waals surface area contributed by atoms with Crippen molar-refractivity contribution in [3.05, 3.63) is 22.2 Å². The van der Waals surface area contributed by atoms with Crippen molar-refractivity contribution in [3.8, 4) is 11.5 Å². The van der Waals surface area contributed by atoms with Crippen LogP contribution in [-0.2, 0) is 0 Å². The fourth-order valence-electron chi connectivity index (χ4n) is 2.11. The van der Waals surface area contributed by atoms with E-state index in [9.17, 15) is 5.11 Å². The third kappa shape index (κ3) is 2.18. The van der Waals surface area contributed by atoms with Crippen molar-refractivity contribution in [3.63, 3.8) is 0 Å². The van der Waals surface area contributed by atoms with E-state index in [1.165, 1.54) is 12.0 Å². The van der Waals surface area contributed by atoms with E-state index in [0.29, 0.717) is 22.1 Å². The third-order valence-electron chi connectivity index (χ3n) is 3.09. The van der Waals surface area contributed by atoms with Gasteiger partial charge in [-0.15, -0.1) is 0 Å². The lowest BCUT2D eigenvalue weighted by Gasteiger charge is -2.08. The van der Waals surface area contributed by atoms with E-state index in [2.05, 4.69) is 21.2 Å². The first-order chi connectivity index (χ1) is 7.67. The van der Waals surface area contributed by atoms with Crippen LogP contribution in [0.2, 0.25) is 0 Å². The average Bonchev–Trinajstić information content (AvgIpc) is 3.02. The number of hydrogen-bond donors (Lipinski definition) is 2. The lowest BCUT2D eigenvalue weighted by Crippen LogP contribution is -2.10. The van der Waals surface area contributed by atoms with E-state index >= 15 is 0 Å². The molecule has 16 heavy (non-hydrogen) atoms. The van der Waals surface area contributed by atoms with Gasteiger partial charge in [0.1, 0.15) is 0 Å². The number of methoxy groups -OCH3 is 1. The zero-order valence-corrected chi connectivity index (χ0v) is 11.0. The van der Waals surface area contributed by atoms with Crippen molar-refractivity contribution in [2.45, 2.75) is 12.3 Å². The number of benzene rings is 1. The predicted octanol–water partition coefficient (Wildman–Crippen LogP) is 2.49. The summed E-state index contributed by atoms with van der Waals surface area (Å²) in [4.78, 5) is 0. The van der Waals surface area contributed by atoms with Gasteiger partial charge < -0.3 is 15.2 Å². The zero-order valence-electron chi connectivity index (χ0n) is 9.46. The molecule has 2 N–H and O–H groups in total. The number of aromatic hydroxyl groups is 1. The molecule has 2 unspecified atom stereocenters. The summed E-state index contributed by atoms with van der Waals surface area (Å²) in [7, 11) is 3.55. The van der Waals surface area contributed by atoms with E-state index in [1.54, 1.807) is 7.11 Å². The van der Waals surface area contributed by atoms with Crippen LogP contribution in [-0.4, -0.2) is 25.8 Å². The van der Waals surface area contributed by atoms with Gasteiger partial charge in [0, 0.05) is 0 Å². The van der Waals surface area contributed by atoms with Crippen molar-refractivity contribution >= 4 is 15.9 Å². The fraction of sp³-hybridized carbons (Fsp3) is 0.500. The summed E-state index contributed by atoms with van der Waals surface area (Å²) in [5.41, 5.74) is 1.24. The van der Waals surface area contributed by atoms with Gasteiger partial charge in [-0.2, -0.15) is 0 Å². The first kappa shape index (κ1) is 11.7. The van der Waals surface area contributed by atoms with Crippen LogP contribution in [0.5, 0.6) is 11.5 Å². The molecule has 0 saturated heterocycles. The fourth-order valence-corrected chi connectivity index (χ4v) is 2.57. The summed E-state index contributed by atoms with van der Waals surface area (Å²) in [6.45, 7) is 1.05. The molecule has 1 aromatic carbocycles. The quantitative estimate of drug-likeness (QED) is 0.893. The summed E-state index contributed by atoms with van der Waals surface area (Å²) in [6.07, 6.45) is 1.21. The molecule has 4 heteroatoms. The Bertz CT molecular complexity index is 395. The van der Waals surface area contributed by atoms with Gasteiger partial charge in [-0.1, -0.05) is 0 Å². The molecule has 0 amide bonds. The highest BCUT2D eigenvalue weighted by atomic mass is 79.9. The molecule has 1 aliphatic carbocycles. The SMILES string of the molecule is CNCC1CC1c1cc(Br)c(O)c(OC)c1. The normalized spacial score (nSPS) is 23.2. The van der Waals surface area contributed by atoms with Gasteiger partial charge in [0.05, 0.1) is 11.6 Å². The molecule has 1 fully saturated rings. The maximum Gasteiger partial charge on any atom is 0.172 e. The topological polar surface area (TPSA) is 41.5 Å². The second kappa shape index (κ2) is 4.63. The van der Waals surface area contributed by atoms with Crippen LogP contribution >= 0.6 is 15.9 Å². The Labute approximate surface area is 104 Å². The molecular weight excluding hydrogens is 270 g/mol. The van der Waals surface area contributed by atoms with Crippen molar-refractivity contribution < 1.29 is 9.84 Å². The summed E-state index contributed by atoms with van der Waals surface area (Å²) in [6, 6.07) is 3.92. The van der Waals surface area contributed by atoms with Gasteiger partial charge in [0.2, 0.25) is 0 Å². The summed E-state index contributed by atoms with van der Waals surface area (Å²) >= 11 is 3.35. The Morgan fingerprint density at radius 1 is 1.56 bits per heavy atom. The second-order valence-corrected chi connectivity index (χ2v) is 5.07. The lowest BCUT2D eigenvalue weighted by molar-refractivity contribution is 0.371. The van der Waals surface area contributed by atoms with Crippen LogP contribution in [0.1, 0.15) is 17.9 Å². The molecule has 1 saturated carbocycles. The molecule has 0 aromatic heterocycles. The minimum atomic E-state index is 0.178. The molecule has 0 bridgehead atoms. The van der Waals surface area contributed by atoms with Gasteiger partial charge in [-0.25, -0.2) is 0 Å². The molecular formula is C12H16BrNO2. The van der Waals surface area contributed by atoms with Crippen LogP contribution in [0, 0.1) is 5.92 Å². The Balaban J connectivity index is 2.20. The summed E-state index contributed by atoms with van der Waals surface area (Å²) < 4.78 is 5.85. The molecule has 3 nitrogen and oxygen atoms in total. The minimum Gasteiger partial charge on any atom is -0.503 e. The van der Waals surface area contributed by atoms with Crippen molar-refractivity contribution in [2.24, 2.45) is 5.92 Å². The van der Waals surface area contributed by atoms with Crippen LogP contribution < -0.4 is 10.1 Å². The van der Waals surface area contributed by atoms with E-state index in [1.807, 2.05) is 19.2 Å². The molecule has 0 radical (unpaired) electrons. The summed E-state index contributed by atoms with van der Waals surface area (Å²) in [5, 5.41) is 12.9. The highest BCUT2D eigenvalue weighted by Gasteiger charge is 2.38. The smallest absolute Gasteiger partial charge is 0.172 e. The maximum absolute atomic E-state index is 9.71. The third-order valence-corrected chi connectivity index (χ3v) is 3.69. The molecule has 2 rings (SSSR count). The Hall–Kier alpha value is -0.740. The molecule has 0 heterocycles. The van der Waals surface area contributed by atoms with E-state index in [4.69, 9.17) is 4.74 Å². The molecule has 1 aromatic rings. The van der Waals surface area contributed by atoms with Crippen molar-refractivity contribution in [1.82, 2.24) is 5.32 Å². The molecule has 88 valence electrons. The van der Waals surface area contributed by atoms with Gasteiger partial charge in [0.25, 0.3) is 0 Å². The van der Waals surface area contributed by atoms with Gasteiger partial charge >= 0.3 is 0 Å². The van der Waals surface area contributed by atoms with Gasteiger partial charge in [-0.05, 0) is 65.5 Å². The molecule has 2 atom stereocenters. The number of ether oxygens (including phenoxy) is 1. The predicted molar refractivity (Wildman–Crippen MR) is 67.1 cm³/mol. The monoisotopic (exact) mass is 285 g/mol. The molecule has 0 spiro atoms. The highest BCUT2D eigenvalue weighted by Crippen LogP contribution is 2.49. The lowest BCUT2D eigenvalue weighted by atomic mass is 10.1. The number of phenols is 1. The summed E-state index contributed by atoms with van der Waals surface area (Å²) in [5.74, 6) is 2.03. The number of nitrogens with one attached hydrogen (secondary N) is 1. The largest absolute Gasteiger partial charge is 0.503 e. The maximum atomic E-state index is 9.71. The van der Waals surface area contributed by atoms with Gasteiger partial charge in [-0.3, -0.25) is 0 Å². The first-order valence-electron chi connectivity index (χ1n) is 5.38.